The third-order valence-corrected chi connectivity index (χ3v) is 4.86. The van der Waals surface area contributed by atoms with Crippen LogP contribution in [0, 0.1) is 13.8 Å². The molecule has 2 aromatic rings. The lowest BCUT2D eigenvalue weighted by molar-refractivity contribution is 0.0782. The standard InChI is InChI=1S/C19H25ClN4O2/c1-13-10-14(2)24(22-13)16-6-8-23(12-16)19(25)17-5-4-15(20)11-18(17)26-9-3-7-21/h4-5,10-11,16H,3,6-9,12,21H2,1-2H3/t16-/m0/s1. The molecule has 1 atom stereocenters. The van der Waals surface area contributed by atoms with Crippen molar-refractivity contribution >= 4 is 17.5 Å². The lowest BCUT2D eigenvalue weighted by Crippen LogP contribution is -2.30. The molecule has 26 heavy (non-hydrogen) atoms. The van der Waals surface area contributed by atoms with Crippen molar-refractivity contribution in [3.8, 4) is 5.75 Å². The SMILES string of the molecule is Cc1cc(C)n([C@H]2CCN(C(=O)c3ccc(Cl)cc3OCCCN)C2)n1. The molecule has 1 aliphatic heterocycles. The molecule has 0 unspecified atom stereocenters. The highest BCUT2D eigenvalue weighted by Gasteiger charge is 2.30. The first kappa shape index (κ1) is 18.7. The number of hydrogen-bond donors (Lipinski definition) is 1. The number of amides is 1. The Bertz CT molecular complexity index is 790. The number of hydrogen-bond acceptors (Lipinski definition) is 4. The summed E-state index contributed by atoms with van der Waals surface area (Å²) < 4.78 is 7.77. The van der Waals surface area contributed by atoms with Crippen LogP contribution in [-0.4, -0.2) is 46.8 Å². The van der Waals surface area contributed by atoms with Gasteiger partial charge in [-0.05, 0) is 57.5 Å². The molecule has 3 rings (SSSR count). The van der Waals surface area contributed by atoms with Gasteiger partial charge in [-0.1, -0.05) is 11.6 Å². The molecule has 0 saturated carbocycles. The number of carbonyl (C=O) groups excluding carboxylic acids is 1. The van der Waals surface area contributed by atoms with Crippen LogP contribution in [0.15, 0.2) is 24.3 Å². The van der Waals surface area contributed by atoms with Gasteiger partial charge in [0.05, 0.1) is 23.9 Å². The summed E-state index contributed by atoms with van der Waals surface area (Å²) in [7, 11) is 0. The molecule has 1 saturated heterocycles. The van der Waals surface area contributed by atoms with E-state index in [1.807, 2.05) is 23.4 Å². The van der Waals surface area contributed by atoms with Crippen LogP contribution < -0.4 is 10.5 Å². The van der Waals surface area contributed by atoms with Crippen LogP contribution in [0.4, 0.5) is 0 Å². The van der Waals surface area contributed by atoms with Crippen molar-refractivity contribution in [1.82, 2.24) is 14.7 Å². The summed E-state index contributed by atoms with van der Waals surface area (Å²) in [5.74, 6) is 0.485. The monoisotopic (exact) mass is 376 g/mol. The van der Waals surface area contributed by atoms with Crippen molar-refractivity contribution in [2.24, 2.45) is 5.73 Å². The molecular formula is C19H25ClN4O2. The number of ether oxygens (including phenoxy) is 1. The van der Waals surface area contributed by atoms with Gasteiger partial charge in [0.1, 0.15) is 5.75 Å². The molecule has 0 spiro atoms. The fourth-order valence-electron chi connectivity index (χ4n) is 3.37. The van der Waals surface area contributed by atoms with E-state index in [1.165, 1.54) is 0 Å². The quantitative estimate of drug-likeness (QED) is 0.786. The highest BCUT2D eigenvalue weighted by Crippen LogP contribution is 2.29. The molecule has 7 heteroatoms. The molecule has 0 aliphatic carbocycles. The minimum Gasteiger partial charge on any atom is -0.493 e. The fourth-order valence-corrected chi connectivity index (χ4v) is 3.53. The third kappa shape index (κ3) is 4.02. The first-order chi connectivity index (χ1) is 12.5. The Kier molecular flexibility index (Phi) is 5.84. The summed E-state index contributed by atoms with van der Waals surface area (Å²) in [6, 6.07) is 7.42. The summed E-state index contributed by atoms with van der Waals surface area (Å²) in [4.78, 5) is 14.9. The molecule has 6 nitrogen and oxygen atoms in total. The number of nitrogens with two attached hydrogens (primary N) is 1. The smallest absolute Gasteiger partial charge is 0.257 e. The van der Waals surface area contributed by atoms with Crippen molar-refractivity contribution in [2.75, 3.05) is 26.2 Å². The third-order valence-electron chi connectivity index (χ3n) is 4.62. The molecule has 0 radical (unpaired) electrons. The Balaban J connectivity index is 1.74. The van der Waals surface area contributed by atoms with Gasteiger partial charge < -0.3 is 15.4 Å². The minimum atomic E-state index is -0.0338. The van der Waals surface area contributed by atoms with Crippen molar-refractivity contribution < 1.29 is 9.53 Å². The molecule has 1 amide bonds. The second-order valence-electron chi connectivity index (χ2n) is 6.70. The predicted octanol–water partition coefficient (Wildman–Crippen LogP) is 2.97. The largest absolute Gasteiger partial charge is 0.493 e. The average molecular weight is 377 g/mol. The normalized spacial score (nSPS) is 16.9. The minimum absolute atomic E-state index is 0.0338. The van der Waals surface area contributed by atoms with E-state index in [9.17, 15) is 4.79 Å². The van der Waals surface area contributed by atoms with Gasteiger partial charge >= 0.3 is 0 Å². The summed E-state index contributed by atoms with van der Waals surface area (Å²) in [5.41, 5.74) is 8.18. The summed E-state index contributed by atoms with van der Waals surface area (Å²) in [6.07, 6.45) is 1.62. The van der Waals surface area contributed by atoms with E-state index in [0.717, 1.165) is 24.2 Å². The lowest BCUT2D eigenvalue weighted by atomic mass is 10.1. The average Bonchev–Trinajstić information content (AvgIpc) is 3.21. The Labute approximate surface area is 158 Å². The maximum Gasteiger partial charge on any atom is 0.257 e. The number of halogens is 1. The molecule has 1 aromatic heterocycles. The number of rotatable bonds is 6. The molecule has 0 bridgehead atoms. The Morgan fingerprint density at radius 1 is 1.38 bits per heavy atom. The second kappa shape index (κ2) is 8.10. The summed E-state index contributed by atoms with van der Waals surface area (Å²) >= 11 is 6.08. The van der Waals surface area contributed by atoms with Crippen molar-refractivity contribution in [1.29, 1.82) is 0 Å². The van der Waals surface area contributed by atoms with E-state index in [0.29, 0.717) is 42.6 Å². The van der Waals surface area contributed by atoms with Crippen LogP contribution in [0.1, 0.15) is 40.6 Å². The van der Waals surface area contributed by atoms with Gasteiger partial charge in [-0.3, -0.25) is 9.48 Å². The number of likely N-dealkylation sites (tertiary alicyclic amines) is 1. The van der Waals surface area contributed by atoms with Crippen LogP contribution in [0.2, 0.25) is 5.02 Å². The van der Waals surface area contributed by atoms with Gasteiger partial charge in [0.15, 0.2) is 0 Å². The van der Waals surface area contributed by atoms with Gasteiger partial charge in [-0.15, -0.1) is 0 Å². The number of aromatic nitrogens is 2. The van der Waals surface area contributed by atoms with Gasteiger partial charge in [0.25, 0.3) is 5.91 Å². The zero-order chi connectivity index (χ0) is 18.7. The Morgan fingerprint density at radius 3 is 2.88 bits per heavy atom. The van der Waals surface area contributed by atoms with E-state index in [4.69, 9.17) is 22.1 Å². The topological polar surface area (TPSA) is 73.4 Å². The van der Waals surface area contributed by atoms with Crippen molar-refractivity contribution in [2.45, 2.75) is 32.7 Å². The second-order valence-corrected chi connectivity index (χ2v) is 7.13. The summed E-state index contributed by atoms with van der Waals surface area (Å²) in [5, 5.41) is 5.11. The van der Waals surface area contributed by atoms with Gasteiger partial charge in [0.2, 0.25) is 0 Å². The van der Waals surface area contributed by atoms with Crippen LogP contribution in [0.5, 0.6) is 5.75 Å². The zero-order valence-electron chi connectivity index (χ0n) is 15.2. The van der Waals surface area contributed by atoms with E-state index in [-0.39, 0.29) is 11.9 Å². The van der Waals surface area contributed by atoms with Gasteiger partial charge in [0, 0.05) is 23.8 Å². The van der Waals surface area contributed by atoms with Crippen LogP contribution >= 0.6 is 11.6 Å². The molecular weight excluding hydrogens is 352 g/mol. The maximum atomic E-state index is 13.0. The van der Waals surface area contributed by atoms with Gasteiger partial charge in [-0.2, -0.15) is 5.10 Å². The predicted molar refractivity (Wildman–Crippen MR) is 102 cm³/mol. The molecule has 2 heterocycles. The highest BCUT2D eigenvalue weighted by atomic mass is 35.5. The van der Waals surface area contributed by atoms with Crippen LogP contribution in [0.25, 0.3) is 0 Å². The molecule has 2 N–H and O–H groups in total. The Hall–Kier alpha value is -2.05. The van der Waals surface area contributed by atoms with Crippen molar-refractivity contribution in [3.63, 3.8) is 0 Å². The van der Waals surface area contributed by atoms with Crippen molar-refractivity contribution in [3.05, 3.63) is 46.2 Å². The zero-order valence-corrected chi connectivity index (χ0v) is 16.0. The van der Waals surface area contributed by atoms with Crippen LogP contribution in [0.3, 0.4) is 0 Å². The van der Waals surface area contributed by atoms with E-state index in [2.05, 4.69) is 11.2 Å². The van der Waals surface area contributed by atoms with E-state index in [1.54, 1.807) is 18.2 Å². The molecule has 140 valence electrons. The first-order valence-corrected chi connectivity index (χ1v) is 9.32. The molecule has 1 aromatic carbocycles. The number of benzene rings is 1. The number of carbonyl (C=O) groups is 1. The first-order valence-electron chi connectivity index (χ1n) is 8.94. The van der Waals surface area contributed by atoms with E-state index < -0.39 is 0 Å². The maximum absolute atomic E-state index is 13.0. The summed E-state index contributed by atoms with van der Waals surface area (Å²) in [6.45, 7) is 6.39. The number of aryl methyl sites for hydroxylation is 2. The highest BCUT2D eigenvalue weighted by molar-refractivity contribution is 6.30. The molecule has 1 fully saturated rings. The fraction of sp³-hybridized carbons (Fsp3) is 0.474. The number of nitrogens with zero attached hydrogens (tertiary/aromatic N) is 3. The molecule has 1 aliphatic rings. The van der Waals surface area contributed by atoms with Crippen LogP contribution in [-0.2, 0) is 0 Å². The lowest BCUT2D eigenvalue weighted by Gasteiger charge is -2.19. The van der Waals surface area contributed by atoms with Gasteiger partial charge in [-0.25, -0.2) is 0 Å². The Morgan fingerprint density at radius 2 is 2.19 bits per heavy atom. The van der Waals surface area contributed by atoms with E-state index >= 15 is 0 Å².